The molecule has 0 radical (unpaired) electrons. The molecule has 0 unspecified atom stereocenters. The van der Waals surface area contributed by atoms with E-state index >= 15 is 0 Å². The number of rotatable bonds is 6. The second-order valence-corrected chi connectivity index (χ2v) is 7.67. The highest BCUT2D eigenvalue weighted by molar-refractivity contribution is 7.89. The number of aromatic nitrogens is 3. The zero-order chi connectivity index (χ0) is 17.0. The third-order valence-corrected chi connectivity index (χ3v) is 5.81. The highest BCUT2D eigenvalue weighted by atomic mass is 32.2. The van der Waals surface area contributed by atoms with Crippen molar-refractivity contribution in [1.82, 2.24) is 14.2 Å². The molecule has 0 saturated heterocycles. The first kappa shape index (κ1) is 16.6. The molecule has 1 aromatic heterocycles. The van der Waals surface area contributed by atoms with Gasteiger partial charge in [-0.2, -0.15) is 8.42 Å². The third-order valence-electron chi connectivity index (χ3n) is 4.27. The van der Waals surface area contributed by atoms with Gasteiger partial charge in [0.05, 0.1) is 17.1 Å². The standard InChI is InChI=1S/C16H19N3O4S/c20-16(23-10-9-13-3-1-2-4-13)14-5-7-15(8-6-14)24(21,22)19-12-17-11-18-19/h5-8,11-13H,1-4,9-10H2. The Kier molecular flexibility index (Phi) is 4.94. The largest absolute Gasteiger partial charge is 0.462 e. The Bertz CT molecular complexity index is 779. The van der Waals surface area contributed by atoms with E-state index in [1.165, 1.54) is 49.9 Å². The van der Waals surface area contributed by atoms with Gasteiger partial charge in [0.25, 0.3) is 10.0 Å². The summed E-state index contributed by atoms with van der Waals surface area (Å²) < 4.78 is 30.5. The van der Waals surface area contributed by atoms with E-state index in [2.05, 4.69) is 10.1 Å². The summed E-state index contributed by atoms with van der Waals surface area (Å²) in [4.78, 5) is 15.7. The fraction of sp³-hybridized carbons (Fsp3) is 0.438. The number of benzene rings is 1. The predicted octanol–water partition coefficient (Wildman–Crippen LogP) is 2.25. The van der Waals surface area contributed by atoms with Crippen molar-refractivity contribution in [2.75, 3.05) is 6.61 Å². The van der Waals surface area contributed by atoms with Gasteiger partial charge in [0.15, 0.2) is 0 Å². The molecule has 1 saturated carbocycles. The zero-order valence-electron chi connectivity index (χ0n) is 13.2. The lowest BCUT2D eigenvalue weighted by atomic mass is 10.1. The molecule has 0 N–H and O–H groups in total. The molecule has 128 valence electrons. The molecule has 3 rings (SSSR count). The minimum absolute atomic E-state index is 0.0375. The number of ether oxygens (including phenoxy) is 1. The van der Waals surface area contributed by atoms with Gasteiger partial charge in [0, 0.05) is 0 Å². The Labute approximate surface area is 140 Å². The van der Waals surface area contributed by atoms with Crippen LogP contribution in [0.15, 0.2) is 41.8 Å². The van der Waals surface area contributed by atoms with Crippen molar-refractivity contribution in [2.45, 2.75) is 37.0 Å². The van der Waals surface area contributed by atoms with E-state index in [0.717, 1.165) is 23.2 Å². The van der Waals surface area contributed by atoms with E-state index in [0.29, 0.717) is 18.1 Å². The molecular formula is C16H19N3O4S. The molecule has 0 spiro atoms. The summed E-state index contributed by atoms with van der Waals surface area (Å²) in [5.41, 5.74) is 0.332. The quantitative estimate of drug-likeness (QED) is 0.743. The summed E-state index contributed by atoms with van der Waals surface area (Å²) in [5, 5.41) is 3.63. The van der Waals surface area contributed by atoms with Crippen LogP contribution in [0.5, 0.6) is 0 Å². The van der Waals surface area contributed by atoms with E-state index in [9.17, 15) is 13.2 Å². The molecular weight excluding hydrogens is 330 g/mol. The first-order valence-electron chi connectivity index (χ1n) is 7.95. The molecule has 0 aliphatic heterocycles. The van der Waals surface area contributed by atoms with Crippen LogP contribution < -0.4 is 0 Å². The first-order chi connectivity index (χ1) is 11.6. The van der Waals surface area contributed by atoms with Crippen LogP contribution in [0.3, 0.4) is 0 Å². The summed E-state index contributed by atoms with van der Waals surface area (Å²) in [6.45, 7) is 0.405. The average molecular weight is 349 g/mol. The molecule has 1 aliphatic rings. The number of hydrogen-bond acceptors (Lipinski definition) is 6. The molecule has 1 aromatic carbocycles. The maximum atomic E-state index is 12.2. The lowest BCUT2D eigenvalue weighted by Crippen LogP contribution is -2.14. The van der Waals surface area contributed by atoms with E-state index in [1.54, 1.807) is 0 Å². The van der Waals surface area contributed by atoms with Crippen molar-refractivity contribution in [1.29, 1.82) is 0 Å². The van der Waals surface area contributed by atoms with Crippen LogP contribution in [-0.2, 0) is 14.8 Å². The SMILES string of the molecule is O=C(OCCC1CCCC1)c1ccc(S(=O)(=O)n2cncn2)cc1. The van der Waals surface area contributed by atoms with Crippen molar-refractivity contribution in [3.05, 3.63) is 42.5 Å². The van der Waals surface area contributed by atoms with Crippen molar-refractivity contribution >= 4 is 16.0 Å². The molecule has 1 fully saturated rings. The number of carbonyl (C=O) groups is 1. The van der Waals surface area contributed by atoms with Crippen LogP contribution in [0, 0.1) is 5.92 Å². The fourth-order valence-electron chi connectivity index (χ4n) is 2.89. The minimum atomic E-state index is -3.78. The maximum Gasteiger partial charge on any atom is 0.338 e. The van der Waals surface area contributed by atoms with E-state index < -0.39 is 16.0 Å². The lowest BCUT2D eigenvalue weighted by molar-refractivity contribution is 0.0483. The Morgan fingerprint density at radius 3 is 2.54 bits per heavy atom. The minimum Gasteiger partial charge on any atom is -0.462 e. The van der Waals surface area contributed by atoms with Gasteiger partial charge in [-0.3, -0.25) is 0 Å². The van der Waals surface area contributed by atoms with Crippen molar-refractivity contribution in [3.63, 3.8) is 0 Å². The highest BCUT2D eigenvalue weighted by Gasteiger charge is 2.19. The smallest absolute Gasteiger partial charge is 0.338 e. The van der Waals surface area contributed by atoms with Gasteiger partial charge in [-0.05, 0) is 36.6 Å². The summed E-state index contributed by atoms with van der Waals surface area (Å²) in [5.74, 6) is 0.227. The second kappa shape index (κ2) is 7.12. The Hall–Kier alpha value is -2.22. The van der Waals surface area contributed by atoms with Crippen LogP contribution in [-0.4, -0.2) is 35.2 Å². The summed E-state index contributed by atoms with van der Waals surface area (Å²) in [6.07, 6.45) is 8.11. The number of carbonyl (C=O) groups excluding carboxylic acids is 1. The van der Waals surface area contributed by atoms with Crippen LogP contribution in [0.4, 0.5) is 0 Å². The van der Waals surface area contributed by atoms with E-state index in [-0.39, 0.29) is 4.90 Å². The van der Waals surface area contributed by atoms with Crippen LogP contribution >= 0.6 is 0 Å². The normalized spacial score (nSPS) is 15.5. The number of nitrogens with zero attached hydrogens (tertiary/aromatic N) is 3. The lowest BCUT2D eigenvalue weighted by Gasteiger charge is -2.09. The molecule has 8 heteroatoms. The summed E-state index contributed by atoms with van der Waals surface area (Å²) in [7, 11) is -3.78. The topological polar surface area (TPSA) is 91.2 Å². The predicted molar refractivity (Wildman–Crippen MR) is 85.9 cm³/mol. The van der Waals surface area contributed by atoms with E-state index in [4.69, 9.17) is 4.74 Å². The second-order valence-electron chi connectivity index (χ2n) is 5.87. The molecule has 2 aromatic rings. The first-order valence-corrected chi connectivity index (χ1v) is 9.39. The van der Waals surface area contributed by atoms with Gasteiger partial charge < -0.3 is 4.74 Å². The van der Waals surface area contributed by atoms with Gasteiger partial charge in [0.2, 0.25) is 0 Å². The molecule has 1 aliphatic carbocycles. The zero-order valence-corrected chi connectivity index (χ0v) is 14.0. The molecule has 0 amide bonds. The molecule has 7 nitrogen and oxygen atoms in total. The van der Waals surface area contributed by atoms with Gasteiger partial charge in [-0.25, -0.2) is 9.78 Å². The number of esters is 1. The Morgan fingerprint density at radius 2 is 1.92 bits per heavy atom. The van der Waals surface area contributed by atoms with Crippen molar-refractivity contribution in [3.8, 4) is 0 Å². The highest BCUT2D eigenvalue weighted by Crippen LogP contribution is 2.27. The van der Waals surface area contributed by atoms with Gasteiger partial charge >= 0.3 is 5.97 Å². The van der Waals surface area contributed by atoms with Crippen molar-refractivity contribution in [2.24, 2.45) is 5.92 Å². The Morgan fingerprint density at radius 1 is 1.21 bits per heavy atom. The third kappa shape index (κ3) is 3.64. The maximum absolute atomic E-state index is 12.2. The molecule has 0 atom stereocenters. The number of hydrogen-bond donors (Lipinski definition) is 0. The average Bonchev–Trinajstić information content (AvgIpc) is 3.29. The van der Waals surface area contributed by atoms with Gasteiger partial charge in [-0.1, -0.05) is 25.7 Å². The van der Waals surface area contributed by atoms with Crippen molar-refractivity contribution < 1.29 is 17.9 Å². The van der Waals surface area contributed by atoms with Gasteiger partial charge in [0.1, 0.15) is 12.7 Å². The summed E-state index contributed by atoms with van der Waals surface area (Å²) >= 11 is 0. The van der Waals surface area contributed by atoms with Crippen LogP contribution in [0.25, 0.3) is 0 Å². The summed E-state index contributed by atoms with van der Waals surface area (Å²) in [6, 6.07) is 5.62. The fourth-order valence-corrected chi connectivity index (χ4v) is 3.93. The van der Waals surface area contributed by atoms with Crippen LogP contribution in [0.1, 0.15) is 42.5 Å². The van der Waals surface area contributed by atoms with E-state index in [1.807, 2.05) is 0 Å². The Balaban J connectivity index is 1.60. The molecule has 24 heavy (non-hydrogen) atoms. The molecule has 0 bridgehead atoms. The van der Waals surface area contributed by atoms with Gasteiger partial charge in [-0.15, -0.1) is 9.19 Å². The van der Waals surface area contributed by atoms with Crippen LogP contribution in [0.2, 0.25) is 0 Å². The monoisotopic (exact) mass is 349 g/mol. The molecule has 1 heterocycles.